The highest BCUT2D eigenvalue weighted by atomic mass is 16.6. The second-order valence-electron chi connectivity index (χ2n) is 6.91. The van der Waals surface area contributed by atoms with Crippen LogP contribution in [-0.2, 0) is 4.74 Å². The molecule has 0 aromatic heterocycles. The van der Waals surface area contributed by atoms with Crippen molar-refractivity contribution in [3.05, 3.63) is 36.0 Å². The average molecular weight is 291 g/mol. The first-order chi connectivity index (χ1) is 9.67. The lowest BCUT2D eigenvalue weighted by molar-refractivity contribution is 0.0508. The molecule has 1 N–H and O–H groups in total. The van der Waals surface area contributed by atoms with E-state index in [1.165, 1.54) is 5.57 Å². The van der Waals surface area contributed by atoms with Crippen molar-refractivity contribution in [3.8, 4) is 0 Å². The Morgan fingerprint density at radius 3 is 2.57 bits per heavy atom. The largest absolute Gasteiger partial charge is 0.444 e. The smallest absolute Gasteiger partial charge is 0.407 e. The molecule has 0 aromatic rings. The second kappa shape index (κ2) is 7.48. The number of hydrogen-bond acceptors (Lipinski definition) is 2. The van der Waals surface area contributed by atoms with E-state index in [4.69, 9.17) is 4.74 Å². The van der Waals surface area contributed by atoms with Gasteiger partial charge in [0.05, 0.1) is 0 Å². The van der Waals surface area contributed by atoms with Crippen LogP contribution in [-0.4, -0.2) is 17.7 Å². The Kier molecular flexibility index (Phi) is 6.25. The SMILES string of the molecule is CC1/C=C\C=C(\CC(C)NC(=O)OC(C)(C)C)C(C)/C=C\1. The fourth-order valence-corrected chi connectivity index (χ4v) is 2.20. The van der Waals surface area contributed by atoms with Crippen LogP contribution in [0.2, 0.25) is 0 Å². The van der Waals surface area contributed by atoms with E-state index in [1.54, 1.807) is 0 Å². The zero-order valence-corrected chi connectivity index (χ0v) is 14.1. The summed E-state index contributed by atoms with van der Waals surface area (Å²) in [6.45, 7) is 12.0. The van der Waals surface area contributed by atoms with Gasteiger partial charge in [-0.15, -0.1) is 0 Å². The number of hydrogen-bond donors (Lipinski definition) is 1. The summed E-state index contributed by atoms with van der Waals surface area (Å²) in [5, 5.41) is 2.90. The zero-order chi connectivity index (χ0) is 16.0. The third kappa shape index (κ3) is 7.16. The molecule has 0 aliphatic heterocycles. The number of alkyl carbamates (subject to hydrolysis) is 1. The van der Waals surface area contributed by atoms with Gasteiger partial charge in [0.1, 0.15) is 5.60 Å². The number of rotatable bonds is 3. The molecule has 1 amide bonds. The summed E-state index contributed by atoms with van der Waals surface area (Å²) in [6.07, 6.45) is 11.4. The second-order valence-corrected chi connectivity index (χ2v) is 6.91. The Morgan fingerprint density at radius 1 is 1.29 bits per heavy atom. The van der Waals surface area contributed by atoms with Gasteiger partial charge in [0, 0.05) is 6.04 Å². The van der Waals surface area contributed by atoms with Crippen LogP contribution >= 0.6 is 0 Å². The van der Waals surface area contributed by atoms with E-state index >= 15 is 0 Å². The van der Waals surface area contributed by atoms with E-state index < -0.39 is 5.60 Å². The van der Waals surface area contributed by atoms with Crippen molar-refractivity contribution >= 4 is 6.09 Å². The fraction of sp³-hybridized carbons (Fsp3) is 0.611. The Bertz CT molecular complexity index is 441. The molecule has 1 aliphatic rings. The minimum atomic E-state index is -0.460. The molecule has 0 saturated carbocycles. The maximum absolute atomic E-state index is 11.8. The van der Waals surface area contributed by atoms with E-state index in [1.807, 2.05) is 27.7 Å². The molecule has 118 valence electrons. The van der Waals surface area contributed by atoms with Crippen molar-refractivity contribution in [2.45, 2.75) is 59.6 Å². The molecule has 3 atom stereocenters. The summed E-state index contributed by atoms with van der Waals surface area (Å²) in [6, 6.07) is 0.0483. The summed E-state index contributed by atoms with van der Waals surface area (Å²) in [5.74, 6) is 0.864. The van der Waals surface area contributed by atoms with Crippen LogP contribution in [0.5, 0.6) is 0 Å². The van der Waals surface area contributed by atoms with Crippen molar-refractivity contribution in [3.63, 3.8) is 0 Å². The highest BCUT2D eigenvalue weighted by Crippen LogP contribution is 2.21. The molecular weight excluding hydrogens is 262 g/mol. The van der Waals surface area contributed by atoms with Gasteiger partial charge in [-0.25, -0.2) is 4.79 Å². The molecule has 0 spiro atoms. The van der Waals surface area contributed by atoms with Gasteiger partial charge in [-0.2, -0.15) is 0 Å². The minimum absolute atomic E-state index is 0.0483. The molecule has 0 heterocycles. The van der Waals surface area contributed by atoms with E-state index in [0.717, 1.165) is 6.42 Å². The van der Waals surface area contributed by atoms with Gasteiger partial charge < -0.3 is 10.1 Å². The standard InChI is InChI=1S/C18H29NO2/c1-13-8-7-9-16(14(2)11-10-13)12-15(3)19-17(20)21-18(4,5)6/h7-11,13-15H,12H2,1-6H3,(H,19,20)/b8-7-,11-10-,16-9-. The lowest BCUT2D eigenvalue weighted by Gasteiger charge is -2.23. The van der Waals surface area contributed by atoms with Crippen LogP contribution in [0, 0.1) is 11.8 Å². The molecule has 3 unspecified atom stereocenters. The molecule has 0 radical (unpaired) electrons. The van der Waals surface area contributed by atoms with Gasteiger partial charge in [-0.3, -0.25) is 0 Å². The Hall–Kier alpha value is -1.51. The first-order valence-electron chi connectivity index (χ1n) is 7.72. The quantitative estimate of drug-likeness (QED) is 0.771. The summed E-state index contributed by atoms with van der Waals surface area (Å²) in [7, 11) is 0. The van der Waals surface area contributed by atoms with Crippen LogP contribution in [0.1, 0.15) is 48.0 Å². The van der Waals surface area contributed by atoms with Crippen LogP contribution in [0.4, 0.5) is 4.79 Å². The molecule has 21 heavy (non-hydrogen) atoms. The number of ether oxygens (including phenoxy) is 1. The molecule has 1 aliphatic carbocycles. The van der Waals surface area contributed by atoms with Crippen LogP contribution in [0.15, 0.2) is 36.0 Å². The Balaban J connectivity index is 2.59. The molecule has 1 rings (SSSR count). The summed E-state index contributed by atoms with van der Waals surface area (Å²) < 4.78 is 5.29. The van der Waals surface area contributed by atoms with Gasteiger partial charge in [-0.05, 0) is 46.0 Å². The van der Waals surface area contributed by atoms with E-state index in [-0.39, 0.29) is 12.1 Å². The average Bonchev–Trinajstić information content (AvgIpc) is 2.30. The van der Waals surface area contributed by atoms with E-state index in [9.17, 15) is 4.79 Å². The third-order valence-corrected chi connectivity index (χ3v) is 3.32. The summed E-state index contributed by atoms with van der Waals surface area (Å²) in [4.78, 5) is 11.8. The number of amides is 1. The highest BCUT2D eigenvalue weighted by molar-refractivity contribution is 5.68. The Labute approximate surface area is 129 Å². The van der Waals surface area contributed by atoms with Crippen LogP contribution in [0.25, 0.3) is 0 Å². The van der Waals surface area contributed by atoms with Gasteiger partial charge in [-0.1, -0.05) is 49.8 Å². The van der Waals surface area contributed by atoms with Crippen LogP contribution < -0.4 is 5.32 Å². The van der Waals surface area contributed by atoms with E-state index in [0.29, 0.717) is 11.8 Å². The molecular formula is C18H29NO2. The first-order valence-corrected chi connectivity index (χ1v) is 7.72. The highest BCUT2D eigenvalue weighted by Gasteiger charge is 2.19. The molecule has 0 bridgehead atoms. The molecule has 3 heteroatoms. The van der Waals surface area contributed by atoms with Gasteiger partial charge >= 0.3 is 6.09 Å². The molecule has 0 saturated heterocycles. The molecule has 0 aromatic carbocycles. The fourth-order valence-electron chi connectivity index (χ4n) is 2.20. The minimum Gasteiger partial charge on any atom is -0.444 e. The van der Waals surface area contributed by atoms with Gasteiger partial charge in [0.2, 0.25) is 0 Å². The van der Waals surface area contributed by atoms with Crippen molar-refractivity contribution in [2.24, 2.45) is 11.8 Å². The van der Waals surface area contributed by atoms with Crippen molar-refractivity contribution in [1.29, 1.82) is 0 Å². The summed E-state index contributed by atoms with van der Waals surface area (Å²) in [5.41, 5.74) is 0.857. The maximum atomic E-state index is 11.8. The number of carbonyl (C=O) groups excluding carboxylic acids is 1. The number of carbonyl (C=O) groups is 1. The van der Waals surface area contributed by atoms with Gasteiger partial charge in [0.15, 0.2) is 0 Å². The number of allylic oxidation sites excluding steroid dienone is 5. The van der Waals surface area contributed by atoms with Crippen molar-refractivity contribution < 1.29 is 9.53 Å². The number of nitrogens with one attached hydrogen (secondary N) is 1. The zero-order valence-electron chi connectivity index (χ0n) is 14.1. The van der Waals surface area contributed by atoms with Crippen LogP contribution in [0.3, 0.4) is 0 Å². The molecule has 0 fully saturated rings. The summed E-state index contributed by atoms with van der Waals surface area (Å²) >= 11 is 0. The maximum Gasteiger partial charge on any atom is 0.407 e. The normalized spacial score (nSPS) is 29.3. The topological polar surface area (TPSA) is 38.3 Å². The van der Waals surface area contributed by atoms with Gasteiger partial charge in [0.25, 0.3) is 0 Å². The monoisotopic (exact) mass is 291 g/mol. The lowest BCUT2D eigenvalue weighted by atomic mass is 9.91. The van der Waals surface area contributed by atoms with E-state index in [2.05, 4.69) is 49.5 Å². The lowest BCUT2D eigenvalue weighted by Crippen LogP contribution is -2.38. The third-order valence-electron chi connectivity index (χ3n) is 3.32. The van der Waals surface area contributed by atoms with Crippen molar-refractivity contribution in [1.82, 2.24) is 5.32 Å². The predicted octanol–water partition coefficient (Wildman–Crippen LogP) is 4.61. The molecule has 3 nitrogen and oxygen atoms in total. The van der Waals surface area contributed by atoms with Crippen molar-refractivity contribution in [2.75, 3.05) is 0 Å². The first kappa shape index (κ1) is 17.5. The Morgan fingerprint density at radius 2 is 1.95 bits per heavy atom. The predicted molar refractivity (Wildman–Crippen MR) is 88.1 cm³/mol.